The minimum atomic E-state index is -1.07. The van der Waals surface area contributed by atoms with Gasteiger partial charge >= 0.3 is 12.2 Å². The summed E-state index contributed by atoms with van der Waals surface area (Å²) in [7, 11) is 0. The Bertz CT molecular complexity index is 947. The molecule has 0 radical (unpaired) electrons. The summed E-state index contributed by atoms with van der Waals surface area (Å²) in [6.45, 7) is 5.04. The normalized spacial score (nSPS) is 12.8. The number of alkyl carbamates (subject to hydrolysis) is 1. The van der Waals surface area contributed by atoms with Gasteiger partial charge in [-0.2, -0.15) is 0 Å². The second kappa shape index (κ2) is 13.3. The van der Waals surface area contributed by atoms with Crippen LogP contribution >= 0.6 is 0 Å². The molecule has 0 bridgehead atoms. The molecule has 3 amide bonds. The van der Waals surface area contributed by atoms with E-state index in [4.69, 9.17) is 15.2 Å². The van der Waals surface area contributed by atoms with Crippen molar-refractivity contribution in [1.29, 1.82) is 0 Å². The molecule has 2 aromatic carbocycles. The van der Waals surface area contributed by atoms with Crippen LogP contribution in [-0.4, -0.2) is 52.9 Å². The van der Waals surface area contributed by atoms with E-state index in [1.807, 2.05) is 36.4 Å². The van der Waals surface area contributed by atoms with Crippen LogP contribution in [0.2, 0.25) is 0 Å². The summed E-state index contributed by atoms with van der Waals surface area (Å²) < 4.78 is 10.7. The third-order valence-electron chi connectivity index (χ3n) is 5.10. The minimum absolute atomic E-state index is 0.137. The van der Waals surface area contributed by atoms with Crippen molar-refractivity contribution in [2.45, 2.75) is 57.9 Å². The standard InChI is InChI=1S/C26H35N3O6/c1-26(2,3)35-25(33)29(22(17-30)20-13-8-5-9-14-20)21(23(27)31)15-10-16-28-24(32)34-18-19-11-6-4-7-12-19/h4-9,11-14,21-22,30H,10,15-18H2,1-3H3,(H2,27,31)(H,28,32)/t21-,22-/m1/s1. The number of aliphatic hydroxyl groups is 1. The molecule has 0 aliphatic rings. The lowest BCUT2D eigenvalue weighted by atomic mass is 10.0. The van der Waals surface area contributed by atoms with Crippen molar-refractivity contribution in [2.24, 2.45) is 5.73 Å². The molecular formula is C26H35N3O6. The smallest absolute Gasteiger partial charge is 0.411 e. The molecular weight excluding hydrogens is 450 g/mol. The van der Waals surface area contributed by atoms with Crippen molar-refractivity contribution in [3.63, 3.8) is 0 Å². The van der Waals surface area contributed by atoms with Crippen LogP contribution in [0.1, 0.15) is 50.8 Å². The molecule has 0 unspecified atom stereocenters. The first kappa shape index (κ1) is 27.7. The van der Waals surface area contributed by atoms with Gasteiger partial charge in [0.2, 0.25) is 5.91 Å². The number of hydrogen-bond donors (Lipinski definition) is 3. The van der Waals surface area contributed by atoms with Crippen LogP contribution in [-0.2, 0) is 20.9 Å². The van der Waals surface area contributed by atoms with Crippen LogP contribution in [0, 0.1) is 0 Å². The predicted octanol–water partition coefficient (Wildman–Crippen LogP) is 3.52. The number of primary amides is 1. The molecule has 0 aromatic heterocycles. The molecule has 0 spiro atoms. The van der Waals surface area contributed by atoms with Gasteiger partial charge in [0.05, 0.1) is 12.6 Å². The molecule has 0 saturated heterocycles. The number of benzene rings is 2. The first-order valence-corrected chi connectivity index (χ1v) is 11.5. The molecule has 0 aliphatic heterocycles. The highest BCUT2D eigenvalue weighted by Crippen LogP contribution is 2.27. The molecule has 9 heteroatoms. The van der Waals surface area contributed by atoms with Crippen LogP contribution in [0.25, 0.3) is 0 Å². The first-order chi connectivity index (χ1) is 16.6. The average molecular weight is 486 g/mol. The molecule has 2 atom stereocenters. The third kappa shape index (κ3) is 9.29. The van der Waals surface area contributed by atoms with Gasteiger partial charge < -0.3 is 25.6 Å². The Morgan fingerprint density at radius 1 is 1.03 bits per heavy atom. The highest BCUT2D eigenvalue weighted by atomic mass is 16.6. The summed E-state index contributed by atoms with van der Waals surface area (Å²) in [4.78, 5) is 38.7. The topological polar surface area (TPSA) is 131 Å². The number of nitrogens with one attached hydrogen (secondary N) is 1. The summed E-state index contributed by atoms with van der Waals surface area (Å²) in [6.07, 6.45) is -0.873. The second-order valence-corrected chi connectivity index (χ2v) is 9.05. The van der Waals surface area contributed by atoms with E-state index >= 15 is 0 Å². The number of nitrogens with two attached hydrogens (primary N) is 1. The Morgan fingerprint density at radius 2 is 1.63 bits per heavy atom. The Labute approximate surface area is 206 Å². The lowest BCUT2D eigenvalue weighted by Gasteiger charge is -2.37. The van der Waals surface area contributed by atoms with Gasteiger partial charge in [0.15, 0.2) is 0 Å². The molecule has 2 aromatic rings. The monoisotopic (exact) mass is 485 g/mol. The molecule has 0 fully saturated rings. The van der Waals surface area contributed by atoms with Crippen molar-refractivity contribution in [3.05, 3.63) is 71.8 Å². The van der Waals surface area contributed by atoms with Gasteiger partial charge in [-0.25, -0.2) is 9.59 Å². The Hall–Kier alpha value is -3.59. The Kier molecular flexibility index (Phi) is 10.5. The number of nitrogens with zero attached hydrogens (tertiary/aromatic N) is 1. The summed E-state index contributed by atoms with van der Waals surface area (Å²) in [5.41, 5.74) is 6.36. The van der Waals surface area contributed by atoms with Gasteiger partial charge in [-0.05, 0) is 44.7 Å². The van der Waals surface area contributed by atoms with Gasteiger partial charge in [-0.3, -0.25) is 9.69 Å². The summed E-state index contributed by atoms with van der Waals surface area (Å²) >= 11 is 0. The molecule has 0 heterocycles. The van der Waals surface area contributed by atoms with Crippen LogP contribution < -0.4 is 11.1 Å². The van der Waals surface area contributed by atoms with Crippen LogP contribution in [0.5, 0.6) is 0 Å². The quantitative estimate of drug-likeness (QED) is 0.418. The number of carbonyl (C=O) groups excluding carboxylic acids is 3. The fourth-order valence-electron chi connectivity index (χ4n) is 3.49. The van der Waals surface area contributed by atoms with Gasteiger partial charge in [0, 0.05) is 6.54 Å². The maximum atomic E-state index is 13.1. The SMILES string of the molecule is CC(C)(C)OC(=O)N([C@H](CCCNC(=O)OCc1ccccc1)C(N)=O)[C@H](CO)c1ccccc1. The fraction of sp³-hybridized carbons (Fsp3) is 0.423. The number of amides is 3. The van der Waals surface area contributed by atoms with E-state index in [0.717, 1.165) is 5.56 Å². The molecule has 0 saturated carbocycles. The van der Waals surface area contributed by atoms with E-state index in [-0.39, 0.29) is 19.6 Å². The van der Waals surface area contributed by atoms with Crippen molar-refractivity contribution in [1.82, 2.24) is 10.2 Å². The number of ether oxygens (including phenoxy) is 2. The third-order valence-corrected chi connectivity index (χ3v) is 5.10. The average Bonchev–Trinajstić information content (AvgIpc) is 2.81. The van der Waals surface area contributed by atoms with Gasteiger partial charge in [0.1, 0.15) is 18.2 Å². The zero-order chi connectivity index (χ0) is 25.8. The Balaban J connectivity index is 2.06. The Morgan fingerprint density at radius 3 is 2.17 bits per heavy atom. The summed E-state index contributed by atoms with van der Waals surface area (Å²) in [5, 5.41) is 12.8. The maximum Gasteiger partial charge on any atom is 0.411 e. The maximum absolute atomic E-state index is 13.1. The lowest BCUT2D eigenvalue weighted by Crippen LogP contribution is -2.52. The number of carbonyl (C=O) groups is 3. The predicted molar refractivity (Wildman–Crippen MR) is 131 cm³/mol. The van der Waals surface area contributed by atoms with Gasteiger partial charge in [-0.1, -0.05) is 60.7 Å². The summed E-state index contributed by atoms with van der Waals surface area (Å²) in [6, 6.07) is 16.2. The molecule has 4 N–H and O–H groups in total. The molecule has 2 rings (SSSR count). The molecule has 35 heavy (non-hydrogen) atoms. The molecule has 9 nitrogen and oxygen atoms in total. The fourth-order valence-corrected chi connectivity index (χ4v) is 3.49. The van der Waals surface area contributed by atoms with Crippen molar-refractivity contribution in [3.8, 4) is 0 Å². The van der Waals surface area contributed by atoms with E-state index < -0.39 is 42.4 Å². The van der Waals surface area contributed by atoms with Crippen LogP contribution in [0.15, 0.2) is 60.7 Å². The first-order valence-electron chi connectivity index (χ1n) is 11.5. The van der Waals surface area contributed by atoms with Crippen molar-refractivity contribution in [2.75, 3.05) is 13.2 Å². The number of hydrogen-bond acceptors (Lipinski definition) is 6. The summed E-state index contributed by atoms with van der Waals surface area (Å²) in [5.74, 6) is -0.739. The van der Waals surface area contributed by atoms with E-state index in [1.165, 1.54) is 4.90 Å². The molecule has 0 aliphatic carbocycles. The highest BCUT2D eigenvalue weighted by molar-refractivity contribution is 5.84. The zero-order valence-corrected chi connectivity index (χ0v) is 20.5. The number of rotatable bonds is 11. The highest BCUT2D eigenvalue weighted by Gasteiger charge is 2.37. The lowest BCUT2D eigenvalue weighted by molar-refractivity contribution is -0.125. The second-order valence-electron chi connectivity index (χ2n) is 9.05. The minimum Gasteiger partial charge on any atom is -0.445 e. The van der Waals surface area contributed by atoms with E-state index in [2.05, 4.69) is 5.32 Å². The van der Waals surface area contributed by atoms with E-state index in [9.17, 15) is 19.5 Å². The number of aliphatic hydroxyl groups excluding tert-OH is 1. The van der Waals surface area contributed by atoms with E-state index in [1.54, 1.807) is 45.0 Å². The van der Waals surface area contributed by atoms with Crippen molar-refractivity contribution >= 4 is 18.1 Å². The van der Waals surface area contributed by atoms with Crippen LogP contribution in [0.3, 0.4) is 0 Å². The van der Waals surface area contributed by atoms with E-state index in [0.29, 0.717) is 12.0 Å². The van der Waals surface area contributed by atoms with Gasteiger partial charge in [0.25, 0.3) is 0 Å². The van der Waals surface area contributed by atoms with Crippen LogP contribution in [0.4, 0.5) is 9.59 Å². The zero-order valence-electron chi connectivity index (χ0n) is 20.5. The van der Waals surface area contributed by atoms with Crippen molar-refractivity contribution < 1.29 is 29.0 Å². The largest absolute Gasteiger partial charge is 0.445 e. The van der Waals surface area contributed by atoms with Gasteiger partial charge in [-0.15, -0.1) is 0 Å². The molecule has 190 valence electrons.